The average Bonchev–Trinajstić information content (AvgIpc) is 3.43. The van der Waals surface area contributed by atoms with Crippen molar-refractivity contribution in [3.05, 3.63) is 45.7 Å². The van der Waals surface area contributed by atoms with Crippen molar-refractivity contribution in [3.63, 3.8) is 0 Å². The van der Waals surface area contributed by atoms with Crippen LogP contribution in [0.4, 0.5) is 0 Å². The predicted molar refractivity (Wildman–Crippen MR) is 106 cm³/mol. The number of H-pyrrole nitrogens is 1. The summed E-state index contributed by atoms with van der Waals surface area (Å²) in [7, 11) is 0. The van der Waals surface area contributed by atoms with E-state index in [1.165, 1.54) is 0 Å². The van der Waals surface area contributed by atoms with Crippen LogP contribution in [0.15, 0.2) is 29.1 Å². The number of pyridine rings is 1. The predicted octanol–water partition coefficient (Wildman–Crippen LogP) is 3.58. The maximum absolute atomic E-state index is 12.5. The Kier molecular flexibility index (Phi) is 4.81. The molecule has 2 aliphatic rings. The molecule has 2 fully saturated rings. The number of amides is 1. The van der Waals surface area contributed by atoms with E-state index in [0.717, 1.165) is 60.7 Å². The molecule has 1 aromatic carbocycles. The van der Waals surface area contributed by atoms with E-state index >= 15 is 0 Å². The molecule has 27 heavy (non-hydrogen) atoms. The maximum atomic E-state index is 12.5. The molecule has 0 saturated heterocycles. The van der Waals surface area contributed by atoms with Gasteiger partial charge in [0.05, 0.1) is 12.7 Å². The van der Waals surface area contributed by atoms with Crippen molar-refractivity contribution >= 4 is 16.8 Å². The maximum Gasteiger partial charge on any atom is 0.226 e. The Morgan fingerprint density at radius 3 is 2.63 bits per heavy atom. The molecule has 144 valence electrons. The fourth-order valence-electron chi connectivity index (χ4n) is 3.88. The molecule has 1 aromatic heterocycles. The molecule has 0 aliphatic heterocycles. The van der Waals surface area contributed by atoms with E-state index in [1.54, 1.807) is 0 Å². The summed E-state index contributed by atoms with van der Waals surface area (Å²) in [5.41, 5.74) is 2.41. The molecule has 2 aromatic rings. The van der Waals surface area contributed by atoms with Crippen LogP contribution in [0, 0.1) is 12.3 Å². The Morgan fingerprint density at radius 2 is 1.93 bits per heavy atom. The van der Waals surface area contributed by atoms with Gasteiger partial charge in [-0.3, -0.25) is 9.59 Å². The largest absolute Gasteiger partial charge is 0.372 e. The number of para-hydroxylation sites is 1. The Balaban J connectivity index is 1.32. The first kappa shape index (κ1) is 18.2. The molecule has 2 N–H and O–H groups in total. The van der Waals surface area contributed by atoms with E-state index < -0.39 is 0 Å². The second-order valence-corrected chi connectivity index (χ2v) is 8.42. The third-order valence-electron chi connectivity index (χ3n) is 6.27. The van der Waals surface area contributed by atoms with Crippen LogP contribution in [0.2, 0.25) is 0 Å². The highest BCUT2D eigenvalue weighted by atomic mass is 16.5. The van der Waals surface area contributed by atoms with Crippen molar-refractivity contribution in [2.45, 2.75) is 71.1 Å². The molecule has 0 atom stereocenters. The van der Waals surface area contributed by atoms with Crippen LogP contribution in [0.5, 0.6) is 0 Å². The summed E-state index contributed by atoms with van der Waals surface area (Å²) >= 11 is 0. The Bertz CT molecular complexity index is 905. The van der Waals surface area contributed by atoms with Gasteiger partial charge in [0.25, 0.3) is 0 Å². The summed E-state index contributed by atoms with van der Waals surface area (Å²) in [6.45, 7) is 4.32. The average molecular weight is 368 g/mol. The third kappa shape index (κ3) is 3.79. The molecule has 1 heterocycles. The first-order chi connectivity index (χ1) is 13.0. The number of nitrogens with one attached hydrogen (secondary N) is 2. The molecule has 0 spiro atoms. The fourth-order valence-corrected chi connectivity index (χ4v) is 3.88. The summed E-state index contributed by atoms with van der Waals surface area (Å²) in [5.74, 6) is 0.219. The zero-order valence-electron chi connectivity index (χ0n) is 16.1. The number of hydrogen-bond acceptors (Lipinski definition) is 3. The van der Waals surface area contributed by atoms with Gasteiger partial charge in [-0.05, 0) is 57.6 Å². The highest BCUT2D eigenvalue weighted by Gasteiger charge is 2.45. The minimum atomic E-state index is -0.104. The lowest BCUT2D eigenvalue weighted by molar-refractivity contribution is -0.127. The zero-order chi connectivity index (χ0) is 19.0. The molecular formula is C22H28N2O3. The summed E-state index contributed by atoms with van der Waals surface area (Å²) in [6, 6.07) is 7.86. The first-order valence-corrected chi connectivity index (χ1v) is 9.99. The second kappa shape index (κ2) is 7.12. The van der Waals surface area contributed by atoms with Gasteiger partial charge >= 0.3 is 0 Å². The normalized spacial score (nSPS) is 23.9. The molecule has 5 nitrogen and oxygen atoms in total. The van der Waals surface area contributed by atoms with Crippen molar-refractivity contribution in [3.8, 4) is 0 Å². The van der Waals surface area contributed by atoms with Crippen LogP contribution < -0.4 is 10.7 Å². The Hall–Kier alpha value is -2.14. The second-order valence-electron chi connectivity index (χ2n) is 8.42. The summed E-state index contributed by atoms with van der Waals surface area (Å²) in [6.07, 6.45) is 6.02. The van der Waals surface area contributed by atoms with Crippen LogP contribution in [-0.2, 0) is 16.1 Å². The SMILES string of the molecule is Cc1c(CO[C@H]2CC[C@H](NC(=O)C3(C)CC3)CC2)[nH]c2ccccc2c1=O. The molecule has 0 bridgehead atoms. The number of aromatic amines is 1. The Labute approximate surface area is 159 Å². The van der Waals surface area contributed by atoms with Crippen molar-refractivity contribution in [1.82, 2.24) is 10.3 Å². The number of fused-ring (bicyclic) bond motifs is 1. The summed E-state index contributed by atoms with van der Waals surface area (Å²) in [5, 5.41) is 3.93. The smallest absolute Gasteiger partial charge is 0.226 e. The van der Waals surface area contributed by atoms with Crippen LogP contribution in [0.3, 0.4) is 0 Å². The van der Waals surface area contributed by atoms with E-state index in [0.29, 0.717) is 6.61 Å². The van der Waals surface area contributed by atoms with Crippen LogP contribution in [0.25, 0.3) is 10.9 Å². The van der Waals surface area contributed by atoms with Crippen molar-refractivity contribution < 1.29 is 9.53 Å². The number of rotatable bonds is 5. The van der Waals surface area contributed by atoms with Gasteiger partial charge in [0.15, 0.2) is 5.43 Å². The topological polar surface area (TPSA) is 71.2 Å². The molecule has 1 amide bonds. The lowest BCUT2D eigenvalue weighted by Gasteiger charge is -2.30. The van der Waals surface area contributed by atoms with Crippen molar-refractivity contribution in [2.24, 2.45) is 5.41 Å². The van der Waals surface area contributed by atoms with E-state index in [9.17, 15) is 9.59 Å². The molecule has 0 unspecified atom stereocenters. The van der Waals surface area contributed by atoms with E-state index in [2.05, 4.69) is 10.3 Å². The minimum absolute atomic E-state index is 0.0722. The van der Waals surface area contributed by atoms with Gasteiger partial charge in [0.1, 0.15) is 0 Å². The van der Waals surface area contributed by atoms with Gasteiger partial charge in [0, 0.05) is 33.6 Å². The molecule has 4 rings (SSSR count). The highest BCUT2D eigenvalue weighted by molar-refractivity contribution is 5.85. The summed E-state index contributed by atoms with van der Waals surface area (Å²) in [4.78, 5) is 28.1. The van der Waals surface area contributed by atoms with Gasteiger partial charge in [-0.1, -0.05) is 19.1 Å². The van der Waals surface area contributed by atoms with Crippen LogP contribution in [-0.4, -0.2) is 23.0 Å². The molecule has 0 radical (unpaired) electrons. The minimum Gasteiger partial charge on any atom is -0.372 e. The van der Waals surface area contributed by atoms with Gasteiger partial charge in [-0.15, -0.1) is 0 Å². The van der Waals surface area contributed by atoms with Crippen molar-refractivity contribution in [2.75, 3.05) is 0 Å². The van der Waals surface area contributed by atoms with E-state index in [4.69, 9.17) is 4.74 Å². The molecule has 2 saturated carbocycles. The van der Waals surface area contributed by atoms with E-state index in [-0.39, 0.29) is 28.9 Å². The number of ether oxygens (including phenoxy) is 1. The highest BCUT2D eigenvalue weighted by Crippen LogP contribution is 2.45. The standard InChI is InChI=1S/C22H28N2O3/c1-14-19(24-18-6-4-3-5-17(18)20(14)25)13-27-16-9-7-15(8-10-16)23-21(26)22(2)11-12-22/h3-6,15-16H,7-13H2,1-2H3,(H,23,26)(H,24,25)/t15-,16-. The summed E-state index contributed by atoms with van der Waals surface area (Å²) < 4.78 is 6.10. The quantitative estimate of drug-likeness (QED) is 0.847. The number of aromatic nitrogens is 1. The lowest BCUT2D eigenvalue weighted by Crippen LogP contribution is -2.42. The van der Waals surface area contributed by atoms with Gasteiger partial charge in [0.2, 0.25) is 5.91 Å². The van der Waals surface area contributed by atoms with Crippen LogP contribution in [0.1, 0.15) is 56.7 Å². The van der Waals surface area contributed by atoms with Gasteiger partial charge < -0.3 is 15.0 Å². The third-order valence-corrected chi connectivity index (χ3v) is 6.27. The molecule has 5 heteroatoms. The fraction of sp³-hybridized carbons (Fsp3) is 0.545. The Morgan fingerprint density at radius 1 is 1.22 bits per heavy atom. The van der Waals surface area contributed by atoms with Gasteiger partial charge in [-0.2, -0.15) is 0 Å². The van der Waals surface area contributed by atoms with Gasteiger partial charge in [-0.25, -0.2) is 0 Å². The van der Waals surface area contributed by atoms with Crippen LogP contribution >= 0.6 is 0 Å². The number of carbonyl (C=O) groups is 1. The number of benzene rings is 1. The molecule has 2 aliphatic carbocycles. The number of carbonyl (C=O) groups excluding carboxylic acids is 1. The molecular weight excluding hydrogens is 340 g/mol. The lowest BCUT2D eigenvalue weighted by atomic mass is 9.92. The van der Waals surface area contributed by atoms with Crippen molar-refractivity contribution in [1.29, 1.82) is 0 Å². The zero-order valence-corrected chi connectivity index (χ0v) is 16.1. The van der Waals surface area contributed by atoms with E-state index in [1.807, 2.05) is 38.1 Å². The first-order valence-electron chi connectivity index (χ1n) is 9.99. The monoisotopic (exact) mass is 368 g/mol. The number of hydrogen-bond donors (Lipinski definition) is 2.